The van der Waals surface area contributed by atoms with Crippen LogP contribution >= 0.6 is 12.4 Å². The van der Waals surface area contributed by atoms with Crippen LogP contribution in [0, 0.1) is 0 Å². The molecule has 0 aromatic heterocycles. The van der Waals surface area contributed by atoms with Gasteiger partial charge in [0.25, 0.3) is 0 Å². The first-order valence-corrected chi connectivity index (χ1v) is 7.16. The van der Waals surface area contributed by atoms with Gasteiger partial charge >= 0.3 is 0 Å². The predicted octanol–water partition coefficient (Wildman–Crippen LogP) is 5.32. The molecule has 0 saturated carbocycles. The Kier molecular flexibility index (Phi) is 9.31. The Morgan fingerprint density at radius 2 is 1.33 bits per heavy atom. The van der Waals surface area contributed by atoms with Crippen LogP contribution in [0.5, 0.6) is 0 Å². The summed E-state index contributed by atoms with van der Waals surface area (Å²) in [7, 11) is 0. The molecule has 0 unspecified atom stereocenters. The van der Waals surface area contributed by atoms with Crippen molar-refractivity contribution in [2.45, 2.75) is 39.7 Å². The zero-order chi connectivity index (χ0) is 15.0. The van der Waals surface area contributed by atoms with Crippen molar-refractivity contribution in [3.8, 4) is 0 Å². The molecular weight excluding hydrogens is 280 g/mol. The summed E-state index contributed by atoms with van der Waals surface area (Å²) in [6.07, 6.45) is 0. The van der Waals surface area contributed by atoms with E-state index >= 15 is 0 Å². The van der Waals surface area contributed by atoms with Crippen LogP contribution in [0.1, 0.15) is 39.2 Å². The molecule has 0 amide bonds. The summed E-state index contributed by atoms with van der Waals surface area (Å²) in [6, 6.07) is 18.7. The van der Waals surface area contributed by atoms with E-state index in [-0.39, 0.29) is 12.4 Å². The van der Waals surface area contributed by atoms with Crippen molar-refractivity contribution in [2.24, 2.45) is 0 Å². The van der Waals surface area contributed by atoms with E-state index in [0.29, 0.717) is 12.0 Å². The van der Waals surface area contributed by atoms with Gasteiger partial charge in [-0.15, -0.1) is 12.4 Å². The van der Waals surface area contributed by atoms with E-state index in [1.54, 1.807) is 0 Å². The minimum atomic E-state index is 0. The number of anilines is 2. The lowest BCUT2D eigenvalue weighted by Gasteiger charge is -2.08. The molecule has 2 rings (SSSR count). The van der Waals surface area contributed by atoms with Crippen LogP contribution in [-0.4, -0.2) is 6.04 Å². The van der Waals surface area contributed by atoms with Gasteiger partial charge in [0.1, 0.15) is 0 Å². The van der Waals surface area contributed by atoms with Crippen LogP contribution < -0.4 is 11.1 Å². The Labute approximate surface area is 135 Å². The fraction of sp³-hybridized carbons (Fsp3) is 0.333. The summed E-state index contributed by atoms with van der Waals surface area (Å²) < 4.78 is 0. The molecule has 0 aliphatic heterocycles. The SMILES string of the molecule is CC(C)Nc1ccccc1.CC(C)c1ccccc1N.Cl. The maximum atomic E-state index is 5.72. The minimum absolute atomic E-state index is 0. The van der Waals surface area contributed by atoms with Crippen molar-refractivity contribution >= 4 is 23.8 Å². The van der Waals surface area contributed by atoms with Crippen LogP contribution in [0.25, 0.3) is 0 Å². The maximum Gasteiger partial charge on any atom is 0.0349 e. The zero-order valence-corrected chi connectivity index (χ0v) is 14.2. The first-order valence-electron chi connectivity index (χ1n) is 7.16. The van der Waals surface area contributed by atoms with E-state index in [0.717, 1.165) is 5.69 Å². The Bertz CT molecular complexity index is 496. The smallest absolute Gasteiger partial charge is 0.0349 e. The fourth-order valence-corrected chi connectivity index (χ4v) is 1.90. The average molecular weight is 307 g/mol. The van der Waals surface area contributed by atoms with Gasteiger partial charge in [0, 0.05) is 17.4 Å². The van der Waals surface area contributed by atoms with E-state index in [1.807, 2.05) is 36.4 Å². The van der Waals surface area contributed by atoms with Crippen LogP contribution in [0.3, 0.4) is 0 Å². The van der Waals surface area contributed by atoms with Crippen molar-refractivity contribution < 1.29 is 0 Å². The molecule has 0 atom stereocenters. The predicted molar refractivity (Wildman–Crippen MR) is 97.4 cm³/mol. The average Bonchev–Trinajstić information content (AvgIpc) is 2.40. The third-order valence-corrected chi connectivity index (χ3v) is 2.85. The zero-order valence-electron chi connectivity index (χ0n) is 13.3. The molecule has 21 heavy (non-hydrogen) atoms. The third kappa shape index (κ3) is 7.62. The van der Waals surface area contributed by atoms with E-state index in [2.05, 4.69) is 51.2 Å². The summed E-state index contributed by atoms with van der Waals surface area (Å²) in [4.78, 5) is 0. The molecule has 0 aliphatic carbocycles. The van der Waals surface area contributed by atoms with Gasteiger partial charge in [-0.2, -0.15) is 0 Å². The normalized spacial score (nSPS) is 9.62. The highest BCUT2D eigenvalue weighted by Gasteiger charge is 2.00. The molecule has 2 nitrogen and oxygen atoms in total. The molecule has 2 aromatic carbocycles. The first kappa shape index (κ1) is 19.3. The van der Waals surface area contributed by atoms with Crippen molar-refractivity contribution in [1.29, 1.82) is 0 Å². The molecule has 0 fully saturated rings. The molecule has 116 valence electrons. The maximum absolute atomic E-state index is 5.72. The lowest BCUT2D eigenvalue weighted by atomic mass is 10.0. The van der Waals surface area contributed by atoms with Gasteiger partial charge in [-0.05, 0) is 43.5 Å². The number of halogens is 1. The highest BCUT2D eigenvalue weighted by Crippen LogP contribution is 2.20. The molecular formula is C18H27ClN2. The Balaban J connectivity index is 0.000000364. The quantitative estimate of drug-likeness (QED) is 0.753. The third-order valence-electron chi connectivity index (χ3n) is 2.85. The summed E-state index contributed by atoms with van der Waals surface area (Å²) >= 11 is 0. The second-order valence-corrected chi connectivity index (χ2v) is 5.45. The monoisotopic (exact) mass is 306 g/mol. The largest absolute Gasteiger partial charge is 0.398 e. The summed E-state index contributed by atoms with van der Waals surface area (Å²) in [5, 5.41) is 3.30. The fourth-order valence-electron chi connectivity index (χ4n) is 1.90. The lowest BCUT2D eigenvalue weighted by molar-refractivity contribution is 0.870. The van der Waals surface area contributed by atoms with Gasteiger partial charge in [-0.25, -0.2) is 0 Å². The summed E-state index contributed by atoms with van der Waals surface area (Å²) in [5.74, 6) is 0.529. The Morgan fingerprint density at radius 3 is 1.76 bits per heavy atom. The van der Waals surface area contributed by atoms with Gasteiger partial charge in [-0.3, -0.25) is 0 Å². The number of hydrogen-bond donors (Lipinski definition) is 2. The Morgan fingerprint density at radius 1 is 0.810 bits per heavy atom. The lowest BCUT2D eigenvalue weighted by Crippen LogP contribution is -2.08. The van der Waals surface area contributed by atoms with Crippen molar-refractivity contribution in [3.63, 3.8) is 0 Å². The molecule has 0 bridgehead atoms. The van der Waals surface area contributed by atoms with Crippen LogP contribution in [0.15, 0.2) is 54.6 Å². The van der Waals surface area contributed by atoms with Crippen LogP contribution in [0.4, 0.5) is 11.4 Å². The topological polar surface area (TPSA) is 38.0 Å². The van der Waals surface area contributed by atoms with Gasteiger partial charge in [-0.1, -0.05) is 50.2 Å². The molecule has 0 heterocycles. The number of hydrogen-bond acceptors (Lipinski definition) is 2. The van der Waals surface area contributed by atoms with Crippen molar-refractivity contribution in [1.82, 2.24) is 0 Å². The van der Waals surface area contributed by atoms with Crippen LogP contribution in [0.2, 0.25) is 0 Å². The number of benzene rings is 2. The first-order chi connectivity index (χ1) is 9.50. The summed E-state index contributed by atoms with van der Waals surface area (Å²) in [6.45, 7) is 8.55. The van der Waals surface area contributed by atoms with Gasteiger partial charge in [0.2, 0.25) is 0 Å². The van der Waals surface area contributed by atoms with Crippen LogP contribution in [-0.2, 0) is 0 Å². The second-order valence-electron chi connectivity index (χ2n) is 5.45. The molecule has 3 heteroatoms. The van der Waals surface area contributed by atoms with E-state index in [4.69, 9.17) is 5.73 Å². The molecule has 0 aliphatic rings. The number of para-hydroxylation sites is 2. The number of nitrogen functional groups attached to an aromatic ring is 1. The molecule has 0 saturated heterocycles. The van der Waals surface area contributed by atoms with Gasteiger partial charge in [0.05, 0.1) is 0 Å². The number of rotatable bonds is 3. The number of nitrogens with one attached hydrogen (secondary N) is 1. The second kappa shape index (κ2) is 10.1. The molecule has 0 spiro atoms. The highest BCUT2D eigenvalue weighted by atomic mass is 35.5. The van der Waals surface area contributed by atoms with Gasteiger partial charge in [0.15, 0.2) is 0 Å². The van der Waals surface area contributed by atoms with E-state index in [1.165, 1.54) is 11.3 Å². The van der Waals surface area contributed by atoms with E-state index < -0.39 is 0 Å². The van der Waals surface area contributed by atoms with E-state index in [9.17, 15) is 0 Å². The molecule has 3 N–H and O–H groups in total. The molecule has 2 aromatic rings. The number of nitrogens with two attached hydrogens (primary N) is 1. The standard InChI is InChI=1S/2C9H13N.ClH/c1-8(2)10-9-6-4-3-5-7-9;1-7(2)8-5-3-4-6-9(8)10;/h3-8,10H,1-2H3;3-7H,10H2,1-2H3;1H. The minimum Gasteiger partial charge on any atom is -0.398 e. The van der Waals surface area contributed by atoms with Crippen molar-refractivity contribution in [3.05, 3.63) is 60.2 Å². The van der Waals surface area contributed by atoms with Crippen molar-refractivity contribution in [2.75, 3.05) is 11.1 Å². The summed E-state index contributed by atoms with van der Waals surface area (Å²) in [5.41, 5.74) is 9.05. The Hall–Kier alpha value is -1.67. The van der Waals surface area contributed by atoms with Gasteiger partial charge < -0.3 is 11.1 Å². The highest BCUT2D eigenvalue weighted by molar-refractivity contribution is 5.85. The molecule has 0 radical (unpaired) electrons.